The van der Waals surface area contributed by atoms with E-state index >= 15 is 0 Å². The van der Waals surface area contributed by atoms with Crippen LogP contribution in [0.3, 0.4) is 0 Å². The van der Waals surface area contributed by atoms with Crippen LogP contribution in [0.1, 0.15) is 96.3 Å². The van der Waals surface area contributed by atoms with Gasteiger partial charge in [-0.2, -0.15) is 65.9 Å². The minimum atomic E-state index is -5.68. The maximum absolute atomic E-state index is 12.9. The summed E-state index contributed by atoms with van der Waals surface area (Å²) in [6.45, 7) is -1.07. The molecule has 0 aromatic heterocycles. The van der Waals surface area contributed by atoms with Gasteiger partial charge in [-0.3, -0.25) is 13.6 Å². The van der Waals surface area contributed by atoms with Crippen molar-refractivity contribution in [2.45, 2.75) is 133 Å². The highest BCUT2D eigenvalue weighted by atomic mass is 31.2. The van der Waals surface area contributed by atoms with E-state index in [0.29, 0.717) is 0 Å². The molecule has 0 aromatic carbocycles. The predicted octanol–water partition coefficient (Wildman–Crippen LogP) is 11.6. The van der Waals surface area contributed by atoms with Crippen LogP contribution >= 0.6 is 7.82 Å². The van der Waals surface area contributed by atoms with Crippen molar-refractivity contribution in [1.29, 1.82) is 0 Å². The van der Waals surface area contributed by atoms with Crippen LogP contribution < -0.4 is 0 Å². The SMILES string of the molecule is O=P(OCCCCCCC(F)(F)C(F)(F)F)(OCCCCCCC(F)(F)C(F)(F)F)OCCCCCCC(F)(F)C(F)(F)F. The molecule has 0 rings (SSSR count). The number of phosphoric ester groups is 1. The summed E-state index contributed by atoms with van der Waals surface area (Å²) in [5, 5.41) is 0. The Morgan fingerprint density at radius 1 is 0.341 bits per heavy atom. The molecule has 0 spiro atoms. The van der Waals surface area contributed by atoms with E-state index in [-0.39, 0.29) is 77.6 Å². The third kappa shape index (κ3) is 17.1. The van der Waals surface area contributed by atoms with Gasteiger partial charge in [-0.25, -0.2) is 4.57 Å². The number of rotatable bonds is 24. The topological polar surface area (TPSA) is 44.8 Å². The lowest BCUT2D eigenvalue weighted by Gasteiger charge is -2.20. The monoisotopic (exact) mass is 704 g/mol. The molecule has 0 N–H and O–H groups in total. The van der Waals surface area contributed by atoms with Gasteiger partial charge in [0.15, 0.2) is 0 Å². The summed E-state index contributed by atoms with van der Waals surface area (Å²) in [7, 11) is -4.34. The molecule has 0 aliphatic heterocycles. The van der Waals surface area contributed by atoms with E-state index in [4.69, 9.17) is 13.6 Å². The molecule has 0 aromatic rings. The molecule has 0 heterocycles. The van der Waals surface area contributed by atoms with Gasteiger partial charge in [0.2, 0.25) is 0 Å². The normalized spacial score (nSPS) is 14.4. The molecule has 0 saturated carbocycles. The van der Waals surface area contributed by atoms with Crippen LogP contribution in [0, 0.1) is 0 Å². The molecule has 44 heavy (non-hydrogen) atoms. The molecule has 0 aliphatic carbocycles. The van der Waals surface area contributed by atoms with Gasteiger partial charge in [-0.15, -0.1) is 0 Å². The third-order valence-electron chi connectivity index (χ3n) is 6.15. The standard InChI is InChI=1S/C24H36F15O4P/c25-19(26,22(31,32)33)13-7-1-4-10-16-41-44(40,42-17-11-5-2-8-14-20(27,28)23(34,35)36)43-18-12-6-3-9-15-21(29,30)24(37,38)39/h1-18H2. The van der Waals surface area contributed by atoms with Crippen LogP contribution in [-0.4, -0.2) is 56.1 Å². The molecule has 20 heteroatoms. The van der Waals surface area contributed by atoms with Crippen LogP contribution in [-0.2, 0) is 18.1 Å². The molecule has 0 fully saturated rings. The van der Waals surface area contributed by atoms with Gasteiger partial charge in [-0.1, -0.05) is 38.5 Å². The van der Waals surface area contributed by atoms with E-state index in [0.717, 1.165) is 0 Å². The summed E-state index contributed by atoms with van der Waals surface area (Å²) in [4.78, 5) is 0. The number of halogens is 15. The summed E-state index contributed by atoms with van der Waals surface area (Å²) in [5.74, 6) is -14.5. The van der Waals surface area contributed by atoms with Crippen LogP contribution in [0.2, 0.25) is 0 Å². The number of phosphoric acid groups is 1. The fraction of sp³-hybridized carbons (Fsp3) is 1.00. The average Bonchev–Trinajstić information content (AvgIpc) is 2.85. The van der Waals surface area contributed by atoms with E-state index in [9.17, 15) is 70.4 Å². The lowest BCUT2D eigenvalue weighted by atomic mass is 10.1. The Labute approximate surface area is 245 Å². The highest BCUT2D eigenvalue weighted by Gasteiger charge is 2.57. The second kappa shape index (κ2) is 18.4. The van der Waals surface area contributed by atoms with E-state index in [2.05, 4.69) is 0 Å². The maximum atomic E-state index is 12.9. The Balaban J connectivity index is 4.62. The zero-order valence-corrected chi connectivity index (χ0v) is 24.4. The molecule has 0 unspecified atom stereocenters. The summed E-state index contributed by atoms with van der Waals surface area (Å²) in [6.07, 6.45) is -22.5. The molecule has 266 valence electrons. The minimum absolute atomic E-state index is 0.0368. The van der Waals surface area contributed by atoms with Crippen molar-refractivity contribution in [3.63, 3.8) is 0 Å². The molecular formula is C24H36F15O4P. The van der Waals surface area contributed by atoms with Crippen molar-refractivity contribution in [2.75, 3.05) is 19.8 Å². The third-order valence-corrected chi connectivity index (χ3v) is 7.64. The smallest absolute Gasteiger partial charge is 0.287 e. The minimum Gasteiger partial charge on any atom is -0.287 e. The Morgan fingerprint density at radius 3 is 0.750 bits per heavy atom. The van der Waals surface area contributed by atoms with Gasteiger partial charge in [0.05, 0.1) is 19.8 Å². The number of hydrogen-bond acceptors (Lipinski definition) is 4. The quantitative estimate of drug-likeness (QED) is 0.0570. The van der Waals surface area contributed by atoms with Gasteiger partial charge in [0.1, 0.15) is 0 Å². The molecule has 0 aliphatic rings. The van der Waals surface area contributed by atoms with E-state index in [1.54, 1.807) is 0 Å². The maximum Gasteiger partial charge on any atom is 0.474 e. The zero-order valence-electron chi connectivity index (χ0n) is 23.5. The molecule has 0 atom stereocenters. The van der Waals surface area contributed by atoms with Gasteiger partial charge in [-0.05, 0) is 38.5 Å². The second-order valence-electron chi connectivity index (χ2n) is 10.0. The lowest BCUT2D eigenvalue weighted by Crippen LogP contribution is -2.36. The fourth-order valence-electron chi connectivity index (χ4n) is 3.47. The second-order valence-corrected chi connectivity index (χ2v) is 11.7. The first-order valence-corrected chi connectivity index (χ1v) is 15.2. The summed E-state index contributed by atoms with van der Waals surface area (Å²) >= 11 is 0. The van der Waals surface area contributed by atoms with E-state index in [1.165, 1.54) is 0 Å². The molecular weight excluding hydrogens is 668 g/mol. The van der Waals surface area contributed by atoms with E-state index in [1.807, 2.05) is 0 Å². The van der Waals surface area contributed by atoms with Crippen LogP contribution in [0.15, 0.2) is 0 Å². The Hall–Kier alpha value is -0.940. The van der Waals surface area contributed by atoms with Crippen molar-refractivity contribution >= 4 is 7.82 Å². The van der Waals surface area contributed by atoms with Crippen LogP contribution in [0.25, 0.3) is 0 Å². The first kappa shape index (κ1) is 43.1. The van der Waals surface area contributed by atoms with Crippen molar-refractivity contribution in [3.8, 4) is 0 Å². The van der Waals surface area contributed by atoms with Gasteiger partial charge in [0.25, 0.3) is 0 Å². The first-order valence-electron chi connectivity index (χ1n) is 13.7. The van der Waals surface area contributed by atoms with Crippen molar-refractivity contribution in [3.05, 3.63) is 0 Å². The fourth-order valence-corrected chi connectivity index (χ4v) is 4.76. The summed E-state index contributed by atoms with van der Waals surface area (Å²) in [6, 6.07) is 0. The van der Waals surface area contributed by atoms with Crippen LogP contribution in [0.4, 0.5) is 65.9 Å². The number of unbranched alkanes of at least 4 members (excludes halogenated alkanes) is 9. The van der Waals surface area contributed by atoms with E-state index < -0.39 is 82.6 Å². The zero-order chi connectivity index (χ0) is 34.3. The molecule has 4 nitrogen and oxygen atoms in total. The molecule has 0 saturated heterocycles. The summed E-state index contributed by atoms with van der Waals surface area (Å²) in [5.41, 5.74) is 0. The summed E-state index contributed by atoms with van der Waals surface area (Å²) < 4.78 is 215. The molecule has 0 amide bonds. The van der Waals surface area contributed by atoms with Crippen molar-refractivity contribution < 1.29 is 84.0 Å². The Morgan fingerprint density at radius 2 is 0.545 bits per heavy atom. The number of alkyl halides is 15. The van der Waals surface area contributed by atoms with Gasteiger partial charge < -0.3 is 0 Å². The van der Waals surface area contributed by atoms with Gasteiger partial charge >= 0.3 is 44.1 Å². The largest absolute Gasteiger partial charge is 0.474 e. The Kier molecular flexibility index (Phi) is 18.0. The molecule has 0 bridgehead atoms. The van der Waals surface area contributed by atoms with Crippen molar-refractivity contribution in [2.24, 2.45) is 0 Å². The molecule has 0 radical (unpaired) electrons. The van der Waals surface area contributed by atoms with Gasteiger partial charge in [0, 0.05) is 19.3 Å². The highest BCUT2D eigenvalue weighted by Crippen LogP contribution is 2.50. The average molecular weight is 704 g/mol. The predicted molar refractivity (Wildman–Crippen MR) is 128 cm³/mol. The van der Waals surface area contributed by atoms with Crippen molar-refractivity contribution in [1.82, 2.24) is 0 Å². The van der Waals surface area contributed by atoms with Crippen LogP contribution in [0.5, 0.6) is 0 Å². The lowest BCUT2D eigenvalue weighted by molar-refractivity contribution is -0.284. The first-order chi connectivity index (χ1) is 19.9. The number of hydrogen-bond donors (Lipinski definition) is 0. The highest BCUT2D eigenvalue weighted by molar-refractivity contribution is 7.48. The Bertz CT molecular complexity index is 725.